The molecule has 156 valence electrons. The zero-order valence-corrected chi connectivity index (χ0v) is 18.6. The molecular formula is C24H37NO2S. The predicted octanol–water partition coefficient (Wildman–Crippen LogP) is 5.85. The van der Waals surface area contributed by atoms with Crippen LogP contribution in [0.25, 0.3) is 0 Å². The van der Waals surface area contributed by atoms with Gasteiger partial charge in [-0.05, 0) is 68.9 Å². The van der Waals surface area contributed by atoms with Crippen molar-refractivity contribution in [2.24, 2.45) is 5.92 Å². The first-order valence-corrected chi connectivity index (χ1v) is 12.2. The van der Waals surface area contributed by atoms with E-state index >= 15 is 0 Å². The maximum Gasteiger partial charge on any atom is 0.260 e. The predicted molar refractivity (Wildman–Crippen MR) is 119 cm³/mol. The number of benzene rings is 1. The Hall–Kier alpha value is -1.16. The van der Waals surface area contributed by atoms with Crippen molar-refractivity contribution in [2.45, 2.75) is 76.4 Å². The number of nitrogens with zero attached hydrogens (tertiary/aromatic N) is 1. The van der Waals surface area contributed by atoms with Crippen LogP contribution in [0.5, 0.6) is 5.75 Å². The van der Waals surface area contributed by atoms with Crippen LogP contribution in [0.3, 0.4) is 0 Å². The van der Waals surface area contributed by atoms with E-state index in [2.05, 4.69) is 23.6 Å². The molecule has 3 rings (SSSR count). The number of carbonyl (C=O) groups excluding carboxylic acids is 1. The van der Waals surface area contributed by atoms with E-state index in [0.717, 1.165) is 30.3 Å². The Balaban J connectivity index is 1.63. The Morgan fingerprint density at radius 3 is 2.57 bits per heavy atom. The molecule has 3 nitrogen and oxygen atoms in total. The number of carbonyl (C=O) groups is 1. The maximum absolute atomic E-state index is 13.0. The van der Waals surface area contributed by atoms with E-state index in [1.807, 2.05) is 31.2 Å². The summed E-state index contributed by atoms with van der Waals surface area (Å²) >= 11 is 2.16. The molecule has 28 heavy (non-hydrogen) atoms. The van der Waals surface area contributed by atoms with Gasteiger partial charge >= 0.3 is 0 Å². The van der Waals surface area contributed by atoms with Gasteiger partial charge in [0, 0.05) is 17.8 Å². The van der Waals surface area contributed by atoms with Crippen LogP contribution in [0.1, 0.15) is 70.3 Å². The van der Waals surface area contributed by atoms with Crippen molar-refractivity contribution in [1.82, 2.24) is 4.90 Å². The third-order valence-corrected chi connectivity index (χ3v) is 8.26. The van der Waals surface area contributed by atoms with Gasteiger partial charge in [-0.15, -0.1) is 0 Å². The SMILES string of the molecule is CCN(CC1(C2CCCCCCC2)CCCS1)C(=O)COc1cccc(C)c1. The summed E-state index contributed by atoms with van der Waals surface area (Å²) in [4.78, 5) is 15.0. The van der Waals surface area contributed by atoms with Crippen LogP contribution in [0.15, 0.2) is 24.3 Å². The largest absolute Gasteiger partial charge is 0.484 e. The molecule has 0 bridgehead atoms. The van der Waals surface area contributed by atoms with E-state index in [1.54, 1.807) is 0 Å². The second-order valence-corrected chi connectivity index (χ2v) is 10.1. The fourth-order valence-electron chi connectivity index (χ4n) is 4.92. The third-order valence-electron chi connectivity index (χ3n) is 6.53. The fraction of sp³-hybridized carbons (Fsp3) is 0.708. The molecule has 0 radical (unpaired) electrons. The minimum atomic E-state index is 0.127. The number of rotatable bonds is 7. The standard InChI is InChI=1S/C24H37NO2S/c1-3-25(23(26)18-27-22-14-9-11-20(2)17-22)19-24(15-10-16-28-24)21-12-7-5-4-6-8-13-21/h9,11,14,17,21H,3-8,10,12-13,15-16,18-19H2,1-2H3. The van der Waals surface area contributed by atoms with E-state index in [9.17, 15) is 4.79 Å². The molecule has 1 atom stereocenters. The average molecular weight is 404 g/mol. The maximum atomic E-state index is 13.0. The van der Waals surface area contributed by atoms with Gasteiger partial charge < -0.3 is 9.64 Å². The first-order valence-electron chi connectivity index (χ1n) is 11.2. The Kier molecular flexibility index (Phi) is 8.13. The normalized spacial score (nSPS) is 23.8. The highest BCUT2D eigenvalue weighted by Crippen LogP contribution is 2.48. The van der Waals surface area contributed by atoms with Gasteiger partial charge in [0.05, 0.1) is 0 Å². The van der Waals surface area contributed by atoms with Gasteiger partial charge in [0.1, 0.15) is 5.75 Å². The fourth-order valence-corrected chi connectivity index (χ4v) is 6.62. The van der Waals surface area contributed by atoms with Crippen LogP contribution in [0.4, 0.5) is 0 Å². The number of ether oxygens (including phenoxy) is 1. The lowest BCUT2D eigenvalue weighted by Gasteiger charge is -2.41. The van der Waals surface area contributed by atoms with Gasteiger partial charge in [0.25, 0.3) is 5.91 Å². The monoisotopic (exact) mass is 403 g/mol. The van der Waals surface area contributed by atoms with Crippen molar-refractivity contribution in [3.63, 3.8) is 0 Å². The number of hydrogen-bond donors (Lipinski definition) is 0. The highest BCUT2D eigenvalue weighted by atomic mass is 32.2. The second-order valence-electron chi connectivity index (χ2n) is 8.57. The summed E-state index contributed by atoms with van der Waals surface area (Å²) in [6.45, 7) is 5.96. The molecule has 1 aliphatic heterocycles. The summed E-state index contributed by atoms with van der Waals surface area (Å²) < 4.78 is 6.08. The van der Waals surface area contributed by atoms with Crippen LogP contribution < -0.4 is 4.74 Å². The smallest absolute Gasteiger partial charge is 0.260 e. The molecule has 2 aliphatic rings. The van der Waals surface area contributed by atoms with E-state index in [0.29, 0.717) is 0 Å². The summed E-state index contributed by atoms with van der Waals surface area (Å²) in [6.07, 6.45) is 12.2. The van der Waals surface area contributed by atoms with Gasteiger partial charge in [-0.1, -0.05) is 44.2 Å². The second kappa shape index (κ2) is 10.6. The summed E-state index contributed by atoms with van der Waals surface area (Å²) in [6, 6.07) is 7.94. The molecule has 1 saturated carbocycles. The van der Waals surface area contributed by atoms with Crippen LogP contribution in [0, 0.1) is 12.8 Å². The summed E-state index contributed by atoms with van der Waals surface area (Å²) in [5.41, 5.74) is 1.16. The zero-order valence-electron chi connectivity index (χ0n) is 17.8. The number of hydrogen-bond acceptors (Lipinski definition) is 3. The van der Waals surface area contributed by atoms with Crippen molar-refractivity contribution in [3.05, 3.63) is 29.8 Å². The lowest BCUT2D eigenvalue weighted by atomic mass is 9.78. The van der Waals surface area contributed by atoms with Crippen molar-refractivity contribution < 1.29 is 9.53 Å². The van der Waals surface area contributed by atoms with Crippen molar-refractivity contribution in [3.8, 4) is 5.75 Å². The molecule has 1 saturated heterocycles. The lowest BCUT2D eigenvalue weighted by Crippen LogP contribution is -2.48. The molecule has 1 aromatic carbocycles. The van der Waals surface area contributed by atoms with Gasteiger partial charge in [0.15, 0.2) is 6.61 Å². The van der Waals surface area contributed by atoms with E-state index in [1.165, 1.54) is 63.5 Å². The molecular weight excluding hydrogens is 366 g/mol. The molecule has 0 aromatic heterocycles. The summed E-state index contributed by atoms with van der Waals surface area (Å²) in [5.74, 6) is 2.93. The average Bonchev–Trinajstić information content (AvgIpc) is 3.13. The van der Waals surface area contributed by atoms with Crippen LogP contribution in [-0.2, 0) is 4.79 Å². The first kappa shape index (κ1) is 21.5. The highest BCUT2D eigenvalue weighted by Gasteiger charge is 2.43. The van der Waals surface area contributed by atoms with Crippen molar-refractivity contribution in [2.75, 3.05) is 25.4 Å². The summed E-state index contributed by atoms with van der Waals surface area (Å²) in [5, 5.41) is 0. The molecule has 2 fully saturated rings. The first-order chi connectivity index (χ1) is 13.6. The quantitative estimate of drug-likeness (QED) is 0.572. The van der Waals surface area contributed by atoms with Crippen molar-refractivity contribution >= 4 is 17.7 Å². The highest BCUT2D eigenvalue weighted by molar-refractivity contribution is 8.00. The molecule has 1 amide bonds. The Morgan fingerprint density at radius 2 is 1.93 bits per heavy atom. The van der Waals surface area contributed by atoms with E-state index < -0.39 is 0 Å². The molecule has 4 heteroatoms. The molecule has 1 aliphatic carbocycles. The Morgan fingerprint density at radius 1 is 1.18 bits per heavy atom. The van der Waals surface area contributed by atoms with Gasteiger partial charge in [0.2, 0.25) is 0 Å². The van der Waals surface area contributed by atoms with Crippen LogP contribution in [0.2, 0.25) is 0 Å². The van der Waals surface area contributed by atoms with E-state index in [4.69, 9.17) is 4.74 Å². The van der Waals surface area contributed by atoms with Gasteiger partial charge in [-0.3, -0.25) is 4.79 Å². The molecule has 1 heterocycles. The molecule has 1 unspecified atom stereocenters. The minimum absolute atomic E-state index is 0.127. The van der Waals surface area contributed by atoms with E-state index in [-0.39, 0.29) is 17.3 Å². The topological polar surface area (TPSA) is 29.5 Å². The lowest BCUT2D eigenvalue weighted by molar-refractivity contribution is -0.133. The number of aryl methyl sites for hydroxylation is 1. The number of likely N-dealkylation sites (N-methyl/N-ethyl adjacent to an activating group) is 1. The zero-order chi connectivity index (χ0) is 19.8. The Labute approximate surface area is 175 Å². The molecule has 0 spiro atoms. The van der Waals surface area contributed by atoms with Gasteiger partial charge in [-0.25, -0.2) is 0 Å². The molecule has 0 N–H and O–H groups in total. The van der Waals surface area contributed by atoms with Gasteiger partial charge in [-0.2, -0.15) is 11.8 Å². The van der Waals surface area contributed by atoms with Crippen molar-refractivity contribution in [1.29, 1.82) is 0 Å². The number of amides is 1. The minimum Gasteiger partial charge on any atom is -0.484 e. The summed E-state index contributed by atoms with van der Waals surface area (Å²) in [7, 11) is 0. The Bertz CT molecular complexity index is 619. The third kappa shape index (κ3) is 5.68. The van der Waals surface area contributed by atoms with Crippen LogP contribution in [-0.4, -0.2) is 41.0 Å². The molecule has 1 aromatic rings. The van der Waals surface area contributed by atoms with Crippen LogP contribution >= 0.6 is 11.8 Å². The number of thioether (sulfide) groups is 1.